The number of nitrogens with zero attached hydrogens (tertiary/aromatic N) is 2. The summed E-state index contributed by atoms with van der Waals surface area (Å²) in [6, 6.07) is 3.96. The maximum absolute atomic E-state index is 5.57. The molecular formula is C11H18N4O. The molecule has 16 heavy (non-hydrogen) atoms. The summed E-state index contributed by atoms with van der Waals surface area (Å²) >= 11 is 0. The van der Waals surface area contributed by atoms with E-state index in [1.165, 1.54) is 0 Å². The lowest BCUT2D eigenvalue weighted by Gasteiger charge is -2.23. The van der Waals surface area contributed by atoms with Crippen LogP contribution in [0.15, 0.2) is 12.1 Å². The van der Waals surface area contributed by atoms with E-state index in [1.54, 1.807) is 0 Å². The Labute approximate surface area is 95.6 Å². The predicted octanol–water partition coefficient (Wildman–Crippen LogP) is 0.439. The molecule has 1 fully saturated rings. The van der Waals surface area contributed by atoms with Gasteiger partial charge in [0.2, 0.25) is 0 Å². The Hall–Kier alpha value is -1.20. The summed E-state index contributed by atoms with van der Waals surface area (Å²) in [6.07, 6.45) is 1.14. The molecule has 5 nitrogen and oxygen atoms in total. The number of anilines is 1. The summed E-state index contributed by atoms with van der Waals surface area (Å²) in [7, 11) is 0. The van der Waals surface area contributed by atoms with Crippen LogP contribution in [0.2, 0.25) is 0 Å². The zero-order valence-corrected chi connectivity index (χ0v) is 9.57. The molecule has 1 atom stereocenters. The number of rotatable bonds is 4. The zero-order valence-electron chi connectivity index (χ0n) is 9.57. The molecule has 0 bridgehead atoms. The van der Waals surface area contributed by atoms with Crippen molar-refractivity contribution < 1.29 is 4.74 Å². The monoisotopic (exact) mass is 222 g/mol. The van der Waals surface area contributed by atoms with Gasteiger partial charge in [-0.2, -0.15) is 5.10 Å². The van der Waals surface area contributed by atoms with E-state index < -0.39 is 0 Å². The lowest BCUT2D eigenvalue weighted by atomic mass is 10.3. The van der Waals surface area contributed by atoms with Crippen molar-refractivity contribution in [3.63, 3.8) is 0 Å². The molecule has 2 N–H and O–H groups in total. The molecule has 0 aromatic carbocycles. The van der Waals surface area contributed by atoms with E-state index in [2.05, 4.69) is 27.8 Å². The van der Waals surface area contributed by atoms with E-state index in [1.807, 2.05) is 12.1 Å². The van der Waals surface area contributed by atoms with E-state index in [0.29, 0.717) is 0 Å². The van der Waals surface area contributed by atoms with Gasteiger partial charge in [-0.15, -0.1) is 5.10 Å². The van der Waals surface area contributed by atoms with Gasteiger partial charge in [0.15, 0.2) is 0 Å². The van der Waals surface area contributed by atoms with Crippen LogP contribution in [-0.2, 0) is 11.2 Å². The number of hydrogen-bond acceptors (Lipinski definition) is 5. The van der Waals surface area contributed by atoms with Gasteiger partial charge in [0.25, 0.3) is 0 Å². The molecule has 0 radical (unpaired) electrons. The maximum atomic E-state index is 5.57. The molecule has 88 valence electrons. The number of ether oxygens (including phenoxy) is 1. The third-order valence-electron chi connectivity index (χ3n) is 2.60. The second-order valence-corrected chi connectivity index (χ2v) is 3.84. The van der Waals surface area contributed by atoms with Crippen molar-refractivity contribution in [2.24, 2.45) is 0 Å². The number of aryl methyl sites for hydroxylation is 1. The first-order chi connectivity index (χ1) is 7.88. The highest BCUT2D eigenvalue weighted by atomic mass is 16.5. The van der Waals surface area contributed by atoms with Gasteiger partial charge < -0.3 is 15.4 Å². The Morgan fingerprint density at radius 3 is 3.06 bits per heavy atom. The highest BCUT2D eigenvalue weighted by Gasteiger charge is 2.12. The van der Waals surface area contributed by atoms with Crippen LogP contribution >= 0.6 is 0 Å². The molecular weight excluding hydrogens is 204 g/mol. The van der Waals surface area contributed by atoms with E-state index in [-0.39, 0.29) is 6.10 Å². The fraction of sp³-hybridized carbons (Fsp3) is 0.636. The minimum Gasteiger partial charge on any atom is -0.374 e. The van der Waals surface area contributed by atoms with Crippen LogP contribution in [0.25, 0.3) is 0 Å². The molecule has 5 heteroatoms. The van der Waals surface area contributed by atoms with Crippen LogP contribution in [0.1, 0.15) is 12.6 Å². The lowest BCUT2D eigenvalue weighted by molar-refractivity contribution is 0.0372. The van der Waals surface area contributed by atoms with E-state index in [9.17, 15) is 0 Å². The highest BCUT2D eigenvalue weighted by molar-refractivity contribution is 5.33. The molecule has 0 saturated carbocycles. The standard InChI is InChI=1S/C11H18N4O/c1-2-9-3-4-11(15-14-9)13-8-10-7-12-5-6-16-10/h3-4,10,12H,2,5-8H2,1H3,(H,13,15). The van der Waals surface area contributed by atoms with Gasteiger partial charge in [-0.1, -0.05) is 6.92 Å². The van der Waals surface area contributed by atoms with Crippen LogP contribution in [0.4, 0.5) is 5.82 Å². The van der Waals surface area contributed by atoms with Crippen LogP contribution in [0.5, 0.6) is 0 Å². The largest absolute Gasteiger partial charge is 0.374 e. The molecule has 0 amide bonds. The van der Waals surface area contributed by atoms with E-state index in [0.717, 1.165) is 44.2 Å². The van der Waals surface area contributed by atoms with Crippen LogP contribution < -0.4 is 10.6 Å². The first-order valence-electron chi connectivity index (χ1n) is 5.77. The maximum Gasteiger partial charge on any atom is 0.148 e. The van der Waals surface area contributed by atoms with Gasteiger partial charge in [0.05, 0.1) is 18.4 Å². The summed E-state index contributed by atoms with van der Waals surface area (Å²) < 4.78 is 5.57. The Balaban J connectivity index is 1.79. The molecule has 1 aliphatic heterocycles. The van der Waals surface area contributed by atoms with Gasteiger partial charge in [0, 0.05) is 19.6 Å². The molecule has 1 aliphatic rings. The summed E-state index contributed by atoms with van der Waals surface area (Å²) in [5.41, 5.74) is 1.01. The predicted molar refractivity (Wildman–Crippen MR) is 62.5 cm³/mol. The Kier molecular flexibility index (Phi) is 4.07. The fourth-order valence-electron chi connectivity index (χ4n) is 1.61. The van der Waals surface area contributed by atoms with Gasteiger partial charge in [-0.05, 0) is 18.6 Å². The molecule has 0 aliphatic carbocycles. The fourth-order valence-corrected chi connectivity index (χ4v) is 1.61. The summed E-state index contributed by atoms with van der Waals surface area (Å²) in [5, 5.41) is 14.7. The SMILES string of the molecule is CCc1ccc(NCC2CNCCO2)nn1. The van der Waals surface area contributed by atoms with Gasteiger partial charge in [-0.25, -0.2) is 0 Å². The quantitative estimate of drug-likeness (QED) is 0.774. The minimum absolute atomic E-state index is 0.224. The number of aromatic nitrogens is 2. The average Bonchev–Trinajstić information content (AvgIpc) is 2.38. The summed E-state index contributed by atoms with van der Waals surface area (Å²) in [4.78, 5) is 0. The third-order valence-corrected chi connectivity index (χ3v) is 2.60. The molecule has 1 aromatic rings. The smallest absolute Gasteiger partial charge is 0.148 e. The Bertz CT molecular complexity index is 308. The van der Waals surface area contributed by atoms with Crippen molar-refractivity contribution in [1.29, 1.82) is 0 Å². The van der Waals surface area contributed by atoms with E-state index >= 15 is 0 Å². The normalized spacial score (nSPS) is 20.7. The topological polar surface area (TPSA) is 59.1 Å². The van der Waals surface area contributed by atoms with Crippen molar-refractivity contribution in [2.45, 2.75) is 19.4 Å². The summed E-state index contributed by atoms with van der Waals surface area (Å²) in [6.45, 7) is 5.47. The van der Waals surface area contributed by atoms with Crippen molar-refractivity contribution >= 4 is 5.82 Å². The van der Waals surface area contributed by atoms with Gasteiger partial charge in [-0.3, -0.25) is 0 Å². The van der Waals surface area contributed by atoms with Gasteiger partial charge >= 0.3 is 0 Å². The highest BCUT2D eigenvalue weighted by Crippen LogP contribution is 2.04. The lowest BCUT2D eigenvalue weighted by Crippen LogP contribution is -2.42. The molecule has 1 unspecified atom stereocenters. The first kappa shape index (κ1) is 11.3. The molecule has 2 rings (SSSR count). The van der Waals surface area contributed by atoms with Crippen LogP contribution in [0, 0.1) is 0 Å². The molecule has 0 spiro atoms. The summed E-state index contributed by atoms with van der Waals surface area (Å²) in [5.74, 6) is 0.811. The average molecular weight is 222 g/mol. The second kappa shape index (κ2) is 5.77. The minimum atomic E-state index is 0.224. The molecule has 2 heterocycles. The molecule has 1 aromatic heterocycles. The van der Waals surface area contributed by atoms with Crippen molar-refractivity contribution in [3.05, 3.63) is 17.8 Å². The second-order valence-electron chi connectivity index (χ2n) is 3.84. The van der Waals surface area contributed by atoms with Gasteiger partial charge in [0.1, 0.15) is 5.82 Å². The van der Waals surface area contributed by atoms with E-state index in [4.69, 9.17) is 4.74 Å². The molecule has 1 saturated heterocycles. The first-order valence-corrected chi connectivity index (χ1v) is 5.77. The van der Waals surface area contributed by atoms with Crippen LogP contribution in [-0.4, -0.2) is 42.5 Å². The number of hydrogen-bond donors (Lipinski definition) is 2. The number of nitrogens with one attached hydrogen (secondary N) is 2. The van der Waals surface area contributed by atoms with Crippen molar-refractivity contribution in [3.8, 4) is 0 Å². The van der Waals surface area contributed by atoms with Crippen LogP contribution in [0.3, 0.4) is 0 Å². The Morgan fingerprint density at radius 1 is 1.50 bits per heavy atom. The van der Waals surface area contributed by atoms with Crippen molar-refractivity contribution in [2.75, 3.05) is 31.6 Å². The zero-order chi connectivity index (χ0) is 11.2. The third kappa shape index (κ3) is 3.15. The van der Waals surface area contributed by atoms with Crippen molar-refractivity contribution in [1.82, 2.24) is 15.5 Å². The Morgan fingerprint density at radius 2 is 2.44 bits per heavy atom. The number of morpholine rings is 1.